The third kappa shape index (κ3) is 5.61. The lowest BCUT2D eigenvalue weighted by atomic mass is 9.96. The highest BCUT2D eigenvalue weighted by molar-refractivity contribution is 8.00. The summed E-state index contributed by atoms with van der Waals surface area (Å²) in [5.41, 5.74) is 9.76. The lowest BCUT2D eigenvalue weighted by Crippen LogP contribution is -2.25. The molecule has 3 N–H and O–H groups in total. The van der Waals surface area contributed by atoms with Crippen LogP contribution in [0.1, 0.15) is 35.6 Å². The number of benzene rings is 2. The molecular weight excluding hydrogens is 502 g/mol. The summed E-state index contributed by atoms with van der Waals surface area (Å²) in [5, 5.41) is 22.8. The van der Waals surface area contributed by atoms with Crippen LogP contribution < -0.4 is 25.3 Å². The van der Waals surface area contributed by atoms with Crippen LogP contribution in [0.5, 0.6) is 17.2 Å². The van der Waals surface area contributed by atoms with Crippen LogP contribution in [0.25, 0.3) is 11.1 Å². The maximum absolute atomic E-state index is 13.2. The Hall–Kier alpha value is -4.41. The topological polar surface area (TPSA) is 143 Å². The lowest BCUT2D eigenvalue weighted by molar-refractivity contribution is -0.115. The number of pyridine rings is 1. The number of nitrogen functional groups attached to an aromatic ring is 1. The number of hydrogen-bond acceptors (Lipinski definition) is 9. The van der Waals surface area contributed by atoms with Crippen molar-refractivity contribution in [3.63, 3.8) is 0 Å². The van der Waals surface area contributed by atoms with Crippen LogP contribution in [0, 0.1) is 36.5 Å². The number of amides is 1. The van der Waals surface area contributed by atoms with Crippen LogP contribution in [0.2, 0.25) is 0 Å². The number of nitrogens with zero attached hydrogens (tertiary/aromatic N) is 3. The summed E-state index contributed by atoms with van der Waals surface area (Å²) in [6.45, 7) is 5.75. The Morgan fingerprint density at radius 1 is 1.05 bits per heavy atom. The summed E-state index contributed by atoms with van der Waals surface area (Å²) >= 11 is 1.12. The van der Waals surface area contributed by atoms with E-state index in [1.807, 2.05) is 39.0 Å². The normalized spacial score (nSPS) is 11.2. The first kappa shape index (κ1) is 28.2. The van der Waals surface area contributed by atoms with E-state index in [0.717, 1.165) is 28.6 Å². The molecule has 0 fully saturated rings. The Bertz CT molecular complexity index is 1430. The molecule has 0 aliphatic rings. The summed E-state index contributed by atoms with van der Waals surface area (Å²) in [7, 11) is 4.43. The van der Waals surface area contributed by atoms with E-state index in [0.29, 0.717) is 29.2 Å². The van der Waals surface area contributed by atoms with Gasteiger partial charge in [0.05, 0.1) is 32.1 Å². The summed E-state index contributed by atoms with van der Waals surface area (Å²) < 4.78 is 16.3. The van der Waals surface area contributed by atoms with Crippen LogP contribution >= 0.6 is 11.8 Å². The van der Waals surface area contributed by atoms with E-state index < -0.39 is 5.25 Å². The number of nitrogens with one attached hydrogen (secondary N) is 1. The molecule has 38 heavy (non-hydrogen) atoms. The maximum atomic E-state index is 13.2. The molecule has 0 aliphatic heterocycles. The quantitative estimate of drug-likeness (QED) is 0.355. The van der Waals surface area contributed by atoms with Crippen molar-refractivity contribution in [1.82, 2.24) is 4.98 Å². The van der Waals surface area contributed by atoms with Crippen LogP contribution in [0.4, 0.5) is 11.5 Å². The van der Waals surface area contributed by atoms with Crippen molar-refractivity contribution >= 4 is 29.2 Å². The number of nitrogens with two attached hydrogens (primary N) is 1. The fraction of sp³-hybridized carbons (Fsp3) is 0.286. The van der Waals surface area contributed by atoms with E-state index in [-0.39, 0.29) is 33.4 Å². The molecule has 0 spiro atoms. The van der Waals surface area contributed by atoms with Crippen molar-refractivity contribution in [3.8, 4) is 40.5 Å². The van der Waals surface area contributed by atoms with Gasteiger partial charge in [-0.1, -0.05) is 30.8 Å². The van der Waals surface area contributed by atoms with Gasteiger partial charge in [-0.15, -0.1) is 0 Å². The van der Waals surface area contributed by atoms with Gasteiger partial charge in [0.15, 0.2) is 11.5 Å². The molecule has 0 aliphatic carbocycles. The van der Waals surface area contributed by atoms with Crippen molar-refractivity contribution in [2.24, 2.45) is 0 Å². The molecule has 0 saturated carbocycles. The van der Waals surface area contributed by atoms with Gasteiger partial charge in [0.25, 0.3) is 0 Å². The van der Waals surface area contributed by atoms with Crippen molar-refractivity contribution < 1.29 is 19.0 Å². The highest BCUT2D eigenvalue weighted by atomic mass is 32.2. The van der Waals surface area contributed by atoms with E-state index in [2.05, 4.69) is 22.4 Å². The van der Waals surface area contributed by atoms with Crippen molar-refractivity contribution in [3.05, 3.63) is 52.6 Å². The van der Waals surface area contributed by atoms with E-state index in [1.165, 1.54) is 21.3 Å². The number of rotatable bonds is 9. The minimum atomic E-state index is -0.574. The van der Waals surface area contributed by atoms with Gasteiger partial charge in [-0.2, -0.15) is 10.5 Å². The molecule has 2 aromatic carbocycles. The molecule has 9 nitrogen and oxygen atoms in total. The molecule has 0 bridgehead atoms. The Balaban J connectivity index is 2.13. The zero-order valence-corrected chi connectivity index (χ0v) is 22.9. The van der Waals surface area contributed by atoms with Crippen LogP contribution in [-0.2, 0) is 4.79 Å². The average Bonchev–Trinajstić information content (AvgIpc) is 2.92. The SMILES string of the molecule is CCC(Sc1nc(N)c(C#N)c(-c2cc(OC)c(OC)c(OC)c2)c1C#N)C(=O)Nc1cc(C)ccc1C. The molecule has 10 heteroatoms. The summed E-state index contributed by atoms with van der Waals surface area (Å²) in [6.07, 6.45) is 0.466. The Labute approximate surface area is 226 Å². The zero-order chi connectivity index (χ0) is 28.0. The number of carbonyl (C=O) groups excluding carboxylic acids is 1. The first-order valence-electron chi connectivity index (χ1n) is 11.7. The molecular formula is C28H29N5O4S. The van der Waals surface area contributed by atoms with Gasteiger partial charge in [-0.25, -0.2) is 4.98 Å². The molecule has 0 saturated heterocycles. The van der Waals surface area contributed by atoms with E-state index in [1.54, 1.807) is 12.1 Å². The van der Waals surface area contributed by atoms with Crippen molar-refractivity contribution in [2.75, 3.05) is 32.4 Å². The lowest BCUT2D eigenvalue weighted by Gasteiger charge is -2.19. The van der Waals surface area contributed by atoms with Crippen LogP contribution in [0.3, 0.4) is 0 Å². The molecule has 1 heterocycles. The largest absolute Gasteiger partial charge is 0.493 e. The number of methoxy groups -OCH3 is 3. The molecule has 196 valence electrons. The number of thioether (sulfide) groups is 1. The molecule has 1 unspecified atom stereocenters. The van der Waals surface area contributed by atoms with E-state index in [4.69, 9.17) is 19.9 Å². The average molecular weight is 532 g/mol. The zero-order valence-electron chi connectivity index (χ0n) is 22.1. The minimum absolute atomic E-state index is 0.0352. The predicted molar refractivity (Wildman–Crippen MR) is 148 cm³/mol. The Morgan fingerprint density at radius 3 is 2.21 bits per heavy atom. The van der Waals surface area contributed by atoms with Gasteiger partial charge in [0, 0.05) is 11.3 Å². The molecule has 1 atom stereocenters. The molecule has 1 aromatic heterocycles. The van der Waals surface area contributed by atoms with Gasteiger partial charge in [-0.3, -0.25) is 4.79 Å². The van der Waals surface area contributed by atoms with E-state index >= 15 is 0 Å². The standard InChI is InChI=1S/C28H29N5O4S/c1-7-23(27(34)32-20-10-15(2)8-9-16(20)3)38-28-19(14-30)24(18(13-29)26(31)33-28)17-11-21(35-4)25(37-6)22(12-17)36-5/h8-12,23H,7H2,1-6H3,(H2,31,33)(H,32,34). The predicted octanol–water partition coefficient (Wildman–Crippen LogP) is 5.23. The highest BCUT2D eigenvalue weighted by Crippen LogP contribution is 2.44. The monoisotopic (exact) mass is 531 g/mol. The van der Waals surface area contributed by atoms with Gasteiger partial charge in [0.2, 0.25) is 11.7 Å². The number of aryl methyl sites for hydroxylation is 2. The number of hydrogen-bond donors (Lipinski definition) is 2. The second-order valence-electron chi connectivity index (χ2n) is 8.39. The van der Waals surface area contributed by atoms with Crippen LogP contribution in [0.15, 0.2) is 35.4 Å². The number of anilines is 2. The number of aromatic nitrogens is 1. The highest BCUT2D eigenvalue weighted by Gasteiger charge is 2.27. The third-order valence-corrected chi connectivity index (χ3v) is 7.29. The molecule has 3 aromatic rings. The Morgan fingerprint density at radius 2 is 1.68 bits per heavy atom. The maximum Gasteiger partial charge on any atom is 0.237 e. The molecule has 1 amide bonds. The second-order valence-corrected chi connectivity index (χ2v) is 9.58. The fourth-order valence-corrected chi connectivity index (χ4v) is 4.96. The van der Waals surface area contributed by atoms with Crippen LogP contribution in [-0.4, -0.2) is 37.5 Å². The van der Waals surface area contributed by atoms with Gasteiger partial charge < -0.3 is 25.3 Å². The molecule has 3 rings (SSSR count). The Kier molecular flexibility index (Phi) is 9.06. The van der Waals surface area contributed by atoms with Crippen molar-refractivity contribution in [2.45, 2.75) is 37.5 Å². The fourth-order valence-electron chi connectivity index (χ4n) is 3.94. The number of nitriles is 2. The van der Waals surface area contributed by atoms with Gasteiger partial charge >= 0.3 is 0 Å². The van der Waals surface area contributed by atoms with E-state index in [9.17, 15) is 15.3 Å². The number of carbonyl (C=O) groups is 1. The summed E-state index contributed by atoms with van der Waals surface area (Å²) in [4.78, 5) is 17.6. The minimum Gasteiger partial charge on any atom is -0.493 e. The van der Waals surface area contributed by atoms with Crippen molar-refractivity contribution in [1.29, 1.82) is 10.5 Å². The van der Waals surface area contributed by atoms with Gasteiger partial charge in [0.1, 0.15) is 28.5 Å². The third-order valence-electron chi connectivity index (χ3n) is 5.94. The summed E-state index contributed by atoms with van der Waals surface area (Å²) in [6, 6.07) is 13.3. The second kappa shape index (κ2) is 12.2. The smallest absolute Gasteiger partial charge is 0.237 e. The first-order chi connectivity index (χ1) is 18.2. The summed E-state index contributed by atoms with van der Waals surface area (Å²) in [5.74, 6) is 0.773. The molecule has 0 radical (unpaired) electrons. The first-order valence-corrected chi connectivity index (χ1v) is 12.6. The van der Waals surface area contributed by atoms with Gasteiger partial charge in [-0.05, 0) is 55.2 Å². The number of ether oxygens (including phenoxy) is 3.